The van der Waals surface area contributed by atoms with Crippen molar-refractivity contribution in [3.63, 3.8) is 0 Å². The Bertz CT molecular complexity index is 1480. The summed E-state index contributed by atoms with van der Waals surface area (Å²) in [4.78, 5) is 8.98. The molecule has 0 saturated heterocycles. The highest BCUT2D eigenvalue weighted by atomic mass is 19.1. The Morgan fingerprint density at radius 3 is 2.79 bits per heavy atom. The molecule has 1 aliphatic heterocycles. The molecule has 34 heavy (non-hydrogen) atoms. The fraction of sp³-hybridized carbons (Fsp3) is 0.208. The summed E-state index contributed by atoms with van der Waals surface area (Å²) >= 11 is 0. The summed E-state index contributed by atoms with van der Waals surface area (Å²) in [7, 11) is 1.84. The van der Waals surface area contributed by atoms with Gasteiger partial charge in [0.05, 0.1) is 18.5 Å². The number of halogens is 1. The zero-order valence-electron chi connectivity index (χ0n) is 18.4. The molecule has 0 bridgehead atoms. The SMILES string of the molecule is Cn1nccc1Nc1nccc(-c2cc3n4c(nnc4c2)[C@@H](Cc2ccc(F)cc2)CCO3)n1. The van der Waals surface area contributed by atoms with E-state index in [1.807, 2.05) is 47.8 Å². The summed E-state index contributed by atoms with van der Waals surface area (Å²) in [5.74, 6) is 2.65. The average Bonchev–Trinajstić information content (AvgIpc) is 3.41. The van der Waals surface area contributed by atoms with Crippen molar-refractivity contribution in [1.82, 2.24) is 34.3 Å². The second-order valence-corrected chi connectivity index (χ2v) is 8.23. The van der Waals surface area contributed by atoms with E-state index in [9.17, 15) is 4.39 Å². The topological polar surface area (TPSA) is 95.1 Å². The minimum atomic E-state index is -0.237. The molecule has 4 aromatic heterocycles. The van der Waals surface area contributed by atoms with Crippen molar-refractivity contribution in [1.29, 1.82) is 0 Å². The molecule has 0 unspecified atom stereocenters. The van der Waals surface area contributed by atoms with E-state index in [-0.39, 0.29) is 11.7 Å². The molecular formula is C24H21FN8O. The molecule has 5 heterocycles. The van der Waals surface area contributed by atoms with Crippen LogP contribution in [0.5, 0.6) is 5.88 Å². The van der Waals surface area contributed by atoms with Gasteiger partial charge in [-0.1, -0.05) is 12.1 Å². The number of pyridine rings is 1. The van der Waals surface area contributed by atoms with Gasteiger partial charge in [0.2, 0.25) is 11.8 Å². The van der Waals surface area contributed by atoms with Crippen LogP contribution in [0.3, 0.4) is 0 Å². The number of ether oxygens (including phenoxy) is 1. The van der Waals surface area contributed by atoms with Gasteiger partial charge in [-0.05, 0) is 42.7 Å². The lowest BCUT2D eigenvalue weighted by Gasteiger charge is -2.12. The third-order valence-electron chi connectivity index (χ3n) is 5.99. The highest BCUT2D eigenvalue weighted by Gasteiger charge is 2.25. The zero-order valence-corrected chi connectivity index (χ0v) is 18.4. The molecule has 10 heteroatoms. The Morgan fingerprint density at radius 1 is 1.09 bits per heavy atom. The zero-order chi connectivity index (χ0) is 23.1. The summed E-state index contributed by atoms with van der Waals surface area (Å²) in [6, 6.07) is 14.2. The first-order chi connectivity index (χ1) is 16.6. The maximum Gasteiger partial charge on any atom is 0.228 e. The van der Waals surface area contributed by atoms with E-state index in [4.69, 9.17) is 4.74 Å². The normalized spacial score (nSPS) is 15.2. The van der Waals surface area contributed by atoms with Crippen LogP contribution < -0.4 is 10.1 Å². The van der Waals surface area contributed by atoms with Gasteiger partial charge in [-0.25, -0.2) is 18.8 Å². The summed E-state index contributed by atoms with van der Waals surface area (Å²) in [5, 5.41) is 16.2. The predicted molar refractivity (Wildman–Crippen MR) is 123 cm³/mol. The number of aryl methyl sites for hydroxylation is 1. The minimum Gasteiger partial charge on any atom is -0.478 e. The van der Waals surface area contributed by atoms with Gasteiger partial charge in [0, 0.05) is 36.9 Å². The fourth-order valence-electron chi connectivity index (χ4n) is 4.25. The minimum absolute atomic E-state index is 0.112. The van der Waals surface area contributed by atoms with E-state index in [0.29, 0.717) is 24.1 Å². The summed E-state index contributed by atoms with van der Waals surface area (Å²) in [5.41, 5.74) is 3.33. The van der Waals surface area contributed by atoms with E-state index in [0.717, 1.165) is 41.3 Å². The lowest BCUT2D eigenvalue weighted by atomic mass is 9.96. The van der Waals surface area contributed by atoms with Gasteiger partial charge in [-0.15, -0.1) is 10.2 Å². The van der Waals surface area contributed by atoms with E-state index >= 15 is 0 Å². The molecule has 0 amide bonds. The van der Waals surface area contributed by atoms with Crippen LogP contribution >= 0.6 is 0 Å². The van der Waals surface area contributed by atoms with Crippen LogP contribution in [-0.4, -0.2) is 41.0 Å². The largest absolute Gasteiger partial charge is 0.478 e. The molecule has 0 saturated carbocycles. The molecule has 0 fully saturated rings. The van der Waals surface area contributed by atoms with Crippen LogP contribution in [0.25, 0.3) is 16.9 Å². The Kier molecular flexibility index (Phi) is 4.90. The number of rotatable bonds is 5. The second-order valence-electron chi connectivity index (χ2n) is 8.23. The molecule has 0 radical (unpaired) electrons. The van der Waals surface area contributed by atoms with E-state index < -0.39 is 0 Å². The van der Waals surface area contributed by atoms with Crippen molar-refractivity contribution in [3.8, 4) is 17.1 Å². The molecule has 0 spiro atoms. The van der Waals surface area contributed by atoms with E-state index in [1.54, 1.807) is 17.1 Å². The predicted octanol–water partition coefficient (Wildman–Crippen LogP) is 3.91. The highest BCUT2D eigenvalue weighted by Crippen LogP contribution is 2.33. The molecule has 1 aliphatic rings. The van der Waals surface area contributed by atoms with Crippen molar-refractivity contribution >= 4 is 17.4 Å². The van der Waals surface area contributed by atoms with Crippen LogP contribution in [0.4, 0.5) is 16.2 Å². The van der Waals surface area contributed by atoms with Crippen LogP contribution in [0, 0.1) is 5.82 Å². The van der Waals surface area contributed by atoms with Crippen molar-refractivity contribution in [2.75, 3.05) is 11.9 Å². The monoisotopic (exact) mass is 456 g/mol. The molecule has 1 N–H and O–H groups in total. The van der Waals surface area contributed by atoms with E-state index in [2.05, 4.69) is 30.6 Å². The third kappa shape index (κ3) is 3.72. The number of nitrogens with one attached hydrogen (secondary N) is 1. The Balaban J connectivity index is 1.34. The number of benzene rings is 1. The van der Waals surface area contributed by atoms with Gasteiger partial charge in [-0.3, -0.25) is 4.68 Å². The lowest BCUT2D eigenvalue weighted by Crippen LogP contribution is -2.08. The number of nitrogens with zero attached hydrogens (tertiary/aromatic N) is 7. The molecule has 9 nitrogen and oxygen atoms in total. The van der Waals surface area contributed by atoms with Crippen LogP contribution in [0.1, 0.15) is 23.7 Å². The molecule has 6 rings (SSSR count). The summed E-state index contributed by atoms with van der Waals surface area (Å²) in [6.45, 7) is 0.546. The molecule has 1 atom stereocenters. The standard InChI is InChI=1S/C24H21FN8O/c1-32-20(7-10-27-32)29-24-26-9-6-19(28-24)17-13-21-30-31-23-16(8-11-34-22(14-17)33(21)23)12-15-2-4-18(25)5-3-15/h2-7,9-10,13-14,16H,8,11-12H2,1H3,(H,26,28,29)/t16-/m1/s1. The van der Waals surface area contributed by atoms with Crippen LogP contribution in [0.2, 0.25) is 0 Å². The number of aromatic nitrogens is 7. The molecule has 1 aromatic carbocycles. The second kappa shape index (κ2) is 8.22. The smallest absolute Gasteiger partial charge is 0.228 e. The summed E-state index contributed by atoms with van der Waals surface area (Å²) in [6.07, 6.45) is 4.93. The van der Waals surface area contributed by atoms with Gasteiger partial charge in [-0.2, -0.15) is 5.10 Å². The number of hydrogen-bond donors (Lipinski definition) is 1. The first-order valence-corrected chi connectivity index (χ1v) is 11.0. The van der Waals surface area contributed by atoms with Crippen molar-refractivity contribution in [2.24, 2.45) is 7.05 Å². The van der Waals surface area contributed by atoms with Gasteiger partial charge >= 0.3 is 0 Å². The Morgan fingerprint density at radius 2 is 1.97 bits per heavy atom. The number of anilines is 2. The van der Waals surface area contributed by atoms with Gasteiger partial charge in [0.1, 0.15) is 17.5 Å². The summed E-state index contributed by atoms with van der Waals surface area (Å²) < 4.78 is 23.1. The molecule has 170 valence electrons. The van der Waals surface area contributed by atoms with Gasteiger partial charge in [0.25, 0.3) is 0 Å². The highest BCUT2D eigenvalue weighted by molar-refractivity contribution is 5.67. The molecule has 0 aliphatic carbocycles. The van der Waals surface area contributed by atoms with Gasteiger partial charge in [0.15, 0.2) is 5.65 Å². The quantitative estimate of drug-likeness (QED) is 0.428. The maximum absolute atomic E-state index is 13.3. The first kappa shape index (κ1) is 20.3. The van der Waals surface area contributed by atoms with Gasteiger partial charge < -0.3 is 10.1 Å². The molecular weight excluding hydrogens is 435 g/mol. The third-order valence-corrected chi connectivity index (χ3v) is 5.99. The van der Waals surface area contributed by atoms with Crippen molar-refractivity contribution in [3.05, 3.63) is 78.1 Å². The lowest BCUT2D eigenvalue weighted by molar-refractivity contribution is 0.296. The Hall–Kier alpha value is -4.34. The van der Waals surface area contributed by atoms with E-state index in [1.165, 1.54) is 12.1 Å². The van der Waals surface area contributed by atoms with Crippen molar-refractivity contribution < 1.29 is 9.13 Å². The maximum atomic E-state index is 13.3. The average molecular weight is 456 g/mol. The molecule has 5 aromatic rings. The van der Waals surface area contributed by atoms with Crippen LogP contribution in [-0.2, 0) is 13.5 Å². The Labute approximate surface area is 194 Å². The van der Waals surface area contributed by atoms with Crippen LogP contribution in [0.15, 0.2) is 60.9 Å². The first-order valence-electron chi connectivity index (χ1n) is 11.0. The fourth-order valence-corrected chi connectivity index (χ4v) is 4.25. The number of hydrogen-bond acceptors (Lipinski definition) is 7. The van der Waals surface area contributed by atoms with Crippen molar-refractivity contribution in [2.45, 2.75) is 18.8 Å².